The fourth-order valence-corrected chi connectivity index (χ4v) is 3.25. The van der Waals surface area contributed by atoms with Crippen molar-refractivity contribution < 1.29 is 0 Å². The molecule has 6 nitrogen and oxygen atoms in total. The van der Waals surface area contributed by atoms with Gasteiger partial charge in [0.2, 0.25) is 0 Å². The van der Waals surface area contributed by atoms with Crippen molar-refractivity contribution in [3.05, 3.63) is 59.0 Å². The molecule has 2 heterocycles. The molecule has 0 unspecified atom stereocenters. The van der Waals surface area contributed by atoms with Gasteiger partial charge in [-0.05, 0) is 38.0 Å². The van der Waals surface area contributed by atoms with Gasteiger partial charge in [0.15, 0.2) is 11.0 Å². The Hall–Kier alpha value is -2.38. The molecule has 25 heavy (non-hydrogen) atoms. The summed E-state index contributed by atoms with van der Waals surface area (Å²) in [6.07, 6.45) is 5.45. The van der Waals surface area contributed by atoms with E-state index in [9.17, 15) is 4.79 Å². The van der Waals surface area contributed by atoms with Crippen LogP contribution in [0.2, 0.25) is 0 Å². The molecule has 0 N–H and O–H groups in total. The van der Waals surface area contributed by atoms with Gasteiger partial charge >= 0.3 is 0 Å². The van der Waals surface area contributed by atoms with Crippen molar-refractivity contribution in [2.45, 2.75) is 18.2 Å². The number of nitrogens with zero attached hydrogens (tertiary/aromatic N) is 5. The van der Waals surface area contributed by atoms with Crippen LogP contribution in [0.15, 0.2) is 53.1 Å². The quantitative estimate of drug-likeness (QED) is 0.386. The molecule has 3 rings (SSSR count). The molecule has 0 radical (unpaired) electrons. The number of rotatable bonds is 6. The molecule has 0 saturated carbocycles. The first kappa shape index (κ1) is 17.4. The van der Waals surface area contributed by atoms with Crippen LogP contribution >= 0.6 is 11.8 Å². The van der Waals surface area contributed by atoms with Crippen molar-refractivity contribution >= 4 is 11.8 Å². The molecular formula is C18H21N5OS. The van der Waals surface area contributed by atoms with Crippen molar-refractivity contribution in [3.63, 3.8) is 0 Å². The monoisotopic (exact) mass is 355 g/mol. The zero-order valence-corrected chi connectivity index (χ0v) is 15.5. The zero-order valence-electron chi connectivity index (χ0n) is 14.6. The van der Waals surface area contributed by atoms with Crippen LogP contribution in [0.25, 0.3) is 17.1 Å². The second kappa shape index (κ2) is 7.25. The number of fused-ring (bicyclic) bond motifs is 1. The lowest BCUT2D eigenvalue weighted by Gasteiger charge is -2.15. The van der Waals surface area contributed by atoms with Gasteiger partial charge in [-0.1, -0.05) is 30.0 Å². The van der Waals surface area contributed by atoms with Crippen LogP contribution in [0.3, 0.4) is 0 Å². The summed E-state index contributed by atoms with van der Waals surface area (Å²) in [6, 6.07) is 8.25. The maximum absolute atomic E-state index is 12.5. The minimum atomic E-state index is -0.145. The maximum Gasteiger partial charge on any atom is 0.279 e. The van der Waals surface area contributed by atoms with E-state index < -0.39 is 0 Å². The van der Waals surface area contributed by atoms with Gasteiger partial charge in [0, 0.05) is 18.4 Å². The van der Waals surface area contributed by atoms with Gasteiger partial charge in [-0.15, -0.1) is 11.7 Å². The van der Waals surface area contributed by atoms with E-state index in [1.54, 1.807) is 6.08 Å². The van der Waals surface area contributed by atoms with Crippen LogP contribution in [0.1, 0.15) is 5.56 Å². The van der Waals surface area contributed by atoms with Gasteiger partial charge < -0.3 is 4.90 Å². The van der Waals surface area contributed by atoms with E-state index in [1.165, 1.54) is 22.0 Å². The topological polar surface area (TPSA) is 56.0 Å². The van der Waals surface area contributed by atoms with E-state index in [0.29, 0.717) is 17.9 Å². The normalized spacial score (nSPS) is 11.4. The van der Waals surface area contributed by atoms with Crippen LogP contribution in [0, 0.1) is 0 Å². The minimum absolute atomic E-state index is 0.145. The summed E-state index contributed by atoms with van der Waals surface area (Å²) in [5.41, 5.74) is 2.55. The van der Waals surface area contributed by atoms with E-state index in [0.717, 1.165) is 17.4 Å². The van der Waals surface area contributed by atoms with Crippen LogP contribution in [-0.4, -0.2) is 44.6 Å². The van der Waals surface area contributed by atoms with Gasteiger partial charge in [-0.25, -0.2) is 9.67 Å². The number of allylic oxidation sites excluding steroid dienone is 1. The lowest BCUT2D eigenvalue weighted by atomic mass is 10.2. The van der Waals surface area contributed by atoms with Gasteiger partial charge in [-0.3, -0.25) is 9.36 Å². The fourth-order valence-electron chi connectivity index (χ4n) is 2.72. The highest BCUT2D eigenvalue weighted by atomic mass is 32.2. The van der Waals surface area contributed by atoms with E-state index >= 15 is 0 Å². The number of hydrogen-bond acceptors (Lipinski definition) is 5. The third kappa shape index (κ3) is 3.52. The summed E-state index contributed by atoms with van der Waals surface area (Å²) in [7, 11) is 4.08. The van der Waals surface area contributed by atoms with Crippen molar-refractivity contribution in [2.75, 3.05) is 20.4 Å². The Bertz CT molecular complexity index is 928. The average molecular weight is 355 g/mol. The Labute approximate surface area is 151 Å². The van der Waals surface area contributed by atoms with Gasteiger partial charge in [0.1, 0.15) is 5.56 Å². The number of thioether (sulfide) groups is 1. The van der Waals surface area contributed by atoms with Gasteiger partial charge in [0.05, 0.1) is 6.54 Å². The molecule has 0 aliphatic carbocycles. The number of hydrogen-bond donors (Lipinski definition) is 0. The summed E-state index contributed by atoms with van der Waals surface area (Å²) in [6.45, 7) is 4.89. The number of benzene rings is 1. The standard InChI is InChI=1S/C18H21N5OS/c1-5-9-23-17(24)15-12-22(18(25-4)19-16(15)20-23)14-8-6-7-13(10-14)11-21(2)3/h5-8,10,12H,1,9,11H2,2-4H3. The maximum atomic E-state index is 12.5. The molecule has 2 aliphatic heterocycles. The van der Waals surface area contributed by atoms with E-state index in [4.69, 9.17) is 0 Å². The minimum Gasteiger partial charge on any atom is -0.305 e. The molecule has 0 bridgehead atoms. The van der Waals surface area contributed by atoms with Crippen LogP contribution < -0.4 is 5.56 Å². The second-order valence-corrected chi connectivity index (χ2v) is 6.79. The first-order chi connectivity index (χ1) is 12.0. The lowest BCUT2D eigenvalue weighted by molar-refractivity contribution is 0.402. The van der Waals surface area contributed by atoms with Crippen LogP contribution in [0.5, 0.6) is 0 Å². The van der Waals surface area contributed by atoms with E-state index in [1.807, 2.05) is 43.2 Å². The fraction of sp³-hybridized carbons (Fsp3) is 0.278. The first-order valence-corrected chi connectivity index (χ1v) is 9.15. The summed E-state index contributed by atoms with van der Waals surface area (Å²) in [4.78, 5) is 19.2. The highest BCUT2D eigenvalue weighted by molar-refractivity contribution is 7.98. The van der Waals surface area contributed by atoms with Crippen LogP contribution in [-0.2, 0) is 13.1 Å². The molecular weight excluding hydrogens is 334 g/mol. The van der Waals surface area contributed by atoms with Gasteiger partial charge in [-0.2, -0.15) is 0 Å². The molecule has 0 atom stereocenters. The Balaban J connectivity index is 2.15. The molecule has 0 saturated heterocycles. The molecule has 130 valence electrons. The summed E-state index contributed by atoms with van der Waals surface area (Å²) < 4.78 is 3.34. The molecule has 0 fully saturated rings. The SMILES string of the molecule is C=CCn1nc2nc(SC)n(-c3cccc(CN(C)C)c3)cc-2c1=O. The Morgan fingerprint density at radius 2 is 2.16 bits per heavy atom. The first-order valence-electron chi connectivity index (χ1n) is 7.92. The molecule has 1 aromatic carbocycles. The highest BCUT2D eigenvalue weighted by Gasteiger charge is 2.19. The largest absolute Gasteiger partial charge is 0.305 e. The van der Waals surface area contributed by atoms with Crippen LogP contribution in [0.4, 0.5) is 0 Å². The third-order valence-electron chi connectivity index (χ3n) is 3.76. The molecule has 0 amide bonds. The average Bonchev–Trinajstić information content (AvgIpc) is 2.89. The van der Waals surface area contributed by atoms with Crippen molar-refractivity contribution in [1.29, 1.82) is 0 Å². The molecule has 1 aromatic rings. The third-order valence-corrected chi connectivity index (χ3v) is 4.41. The smallest absolute Gasteiger partial charge is 0.279 e. The molecule has 0 spiro atoms. The van der Waals surface area contributed by atoms with E-state index in [-0.39, 0.29) is 5.56 Å². The summed E-state index contributed by atoms with van der Waals surface area (Å²) >= 11 is 1.52. The second-order valence-electron chi connectivity index (χ2n) is 6.02. The van der Waals surface area contributed by atoms with Crippen molar-refractivity contribution in [3.8, 4) is 17.1 Å². The van der Waals surface area contributed by atoms with Crippen molar-refractivity contribution in [2.24, 2.45) is 0 Å². The molecule has 2 aliphatic rings. The molecule has 0 aromatic heterocycles. The molecule has 7 heteroatoms. The number of aromatic nitrogens is 4. The van der Waals surface area contributed by atoms with E-state index in [2.05, 4.69) is 33.7 Å². The highest BCUT2D eigenvalue weighted by Crippen LogP contribution is 2.24. The summed E-state index contributed by atoms with van der Waals surface area (Å²) in [5, 5.41) is 5.08. The van der Waals surface area contributed by atoms with Crippen molar-refractivity contribution in [1.82, 2.24) is 24.2 Å². The summed E-state index contributed by atoms with van der Waals surface area (Å²) in [5.74, 6) is 0.469. The van der Waals surface area contributed by atoms with Gasteiger partial charge in [0.25, 0.3) is 5.56 Å². The predicted molar refractivity (Wildman–Crippen MR) is 102 cm³/mol. The predicted octanol–water partition coefficient (Wildman–Crippen LogP) is 2.50. The Morgan fingerprint density at radius 1 is 1.36 bits per heavy atom. The Morgan fingerprint density at radius 3 is 2.84 bits per heavy atom. The Kier molecular flexibility index (Phi) is 5.06. The lowest BCUT2D eigenvalue weighted by Crippen LogP contribution is -2.16. The zero-order chi connectivity index (χ0) is 18.0.